The van der Waals surface area contributed by atoms with Crippen molar-refractivity contribution in [2.45, 2.75) is 13.0 Å². The Hall–Kier alpha value is -3.06. The van der Waals surface area contributed by atoms with Crippen molar-refractivity contribution < 1.29 is 28.7 Å². The molecule has 0 aromatic heterocycles. The maximum absolute atomic E-state index is 12.2. The lowest BCUT2D eigenvalue weighted by atomic mass is 10.1. The Bertz CT molecular complexity index is 820. The summed E-state index contributed by atoms with van der Waals surface area (Å²) in [5.74, 6) is 1.02. The molecule has 1 atom stereocenters. The molecule has 1 amide bonds. The van der Waals surface area contributed by atoms with Gasteiger partial charge < -0.3 is 24.4 Å². The van der Waals surface area contributed by atoms with Crippen LogP contribution in [0.25, 0.3) is 0 Å². The van der Waals surface area contributed by atoms with Gasteiger partial charge in [0.1, 0.15) is 0 Å². The molecule has 7 heteroatoms. The highest BCUT2D eigenvalue weighted by Crippen LogP contribution is 2.27. The molecular weight excluding hydrogens is 372 g/mol. The van der Waals surface area contributed by atoms with Crippen LogP contribution in [0.2, 0.25) is 0 Å². The molecule has 0 aliphatic carbocycles. The third kappa shape index (κ3) is 6.80. The summed E-state index contributed by atoms with van der Waals surface area (Å²) in [6.07, 6.45) is 0.828. The predicted octanol–water partition coefficient (Wildman–Crippen LogP) is 0.864. The zero-order valence-corrected chi connectivity index (χ0v) is 17.4. The van der Waals surface area contributed by atoms with Gasteiger partial charge in [-0.2, -0.15) is 0 Å². The summed E-state index contributed by atoms with van der Waals surface area (Å²) < 4.78 is 15.3. The fraction of sp³-hybridized carbons (Fsp3) is 0.364. The van der Waals surface area contributed by atoms with Crippen LogP contribution >= 0.6 is 0 Å². The Kier molecular flexibility index (Phi) is 8.48. The van der Waals surface area contributed by atoms with Gasteiger partial charge in [-0.25, -0.2) is 4.79 Å². The summed E-state index contributed by atoms with van der Waals surface area (Å²) in [6, 6.07) is 12.8. The van der Waals surface area contributed by atoms with Gasteiger partial charge in [0, 0.05) is 13.0 Å². The van der Waals surface area contributed by atoms with Gasteiger partial charge in [-0.3, -0.25) is 4.79 Å². The standard InChI is InChI=1S/C22H28N2O5/c1-24(12-11-16-7-10-19(27-2)20(13-16)28-3)15-21(25)23-14-17-5-8-18(9-6-17)22(26)29-4/h5-10,13H,11-12,14-15H2,1-4H3,(H,23,25)/p+1. The number of hydrogen-bond acceptors (Lipinski definition) is 5. The number of benzene rings is 2. The monoisotopic (exact) mass is 401 g/mol. The maximum Gasteiger partial charge on any atom is 0.337 e. The summed E-state index contributed by atoms with van der Waals surface area (Å²) in [6.45, 7) is 1.62. The van der Waals surface area contributed by atoms with Gasteiger partial charge in [0.15, 0.2) is 18.0 Å². The Morgan fingerprint density at radius 3 is 2.21 bits per heavy atom. The van der Waals surface area contributed by atoms with Crippen molar-refractivity contribution in [2.75, 3.05) is 41.5 Å². The molecular formula is C22H29N2O5+. The van der Waals surface area contributed by atoms with Gasteiger partial charge in [-0.05, 0) is 35.4 Å². The van der Waals surface area contributed by atoms with Crippen LogP contribution in [0.3, 0.4) is 0 Å². The third-order valence-corrected chi connectivity index (χ3v) is 4.62. The molecule has 0 bridgehead atoms. The van der Waals surface area contributed by atoms with E-state index in [1.807, 2.05) is 25.2 Å². The molecule has 0 aliphatic rings. The zero-order chi connectivity index (χ0) is 21.2. The van der Waals surface area contributed by atoms with Gasteiger partial charge in [0.05, 0.1) is 40.5 Å². The van der Waals surface area contributed by atoms with E-state index in [9.17, 15) is 9.59 Å². The van der Waals surface area contributed by atoms with E-state index in [0.717, 1.165) is 29.0 Å². The lowest BCUT2D eigenvalue weighted by Gasteiger charge is -2.15. The van der Waals surface area contributed by atoms with Crippen LogP contribution in [-0.4, -0.2) is 53.3 Å². The Balaban J connectivity index is 1.77. The van der Waals surface area contributed by atoms with E-state index in [1.165, 1.54) is 7.11 Å². The van der Waals surface area contributed by atoms with Crippen LogP contribution in [0.4, 0.5) is 0 Å². The molecule has 2 aromatic carbocycles. The first kappa shape index (κ1) is 22.2. The minimum absolute atomic E-state index is 0.0214. The van der Waals surface area contributed by atoms with Crippen LogP contribution in [0, 0.1) is 0 Å². The lowest BCUT2D eigenvalue weighted by molar-refractivity contribution is -0.871. The van der Waals surface area contributed by atoms with Gasteiger partial charge >= 0.3 is 5.97 Å². The number of carbonyl (C=O) groups is 2. The maximum atomic E-state index is 12.2. The van der Waals surface area contributed by atoms with Crippen molar-refractivity contribution >= 4 is 11.9 Å². The number of amides is 1. The summed E-state index contributed by atoms with van der Waals surface area (Å²) >= 11 is 0. The molecule has 0 aliphatic heterocycles. The lowest BCUT2D eigenvalue weighted by Crippen LogP contribution is -3.10. The summed E-state index contributed by atoms with van der Waals surface area (Å²) in [5, 5.41) is 2.91. The minimum Gasteiger partial charge on any atom is -0.493 e. The molecule has 2 aromatic rings. The Morgan fingerprint density at radius 2 is 1.59 bits per heavy atom. The molecule has 0 saturated carbocycles. The van der Waals surface area contributed by atoms with Crippen molar-refractivity contribution in [3.63, 3.8) is 0 Å². The highest BCUT2D eigenvalue weighted by Gasteiger charge is 2.11. The zero-order valence-electron chi connectivity index (χ0n) is 17.4. The molecule has 0 saturated heterocycles. The van der Waals surface area contributed by atoms with Crippen LogP contribution in [-0.2, 0) is 22.5 Å². The van der Waals surface area contributed by atoms with Crippen molar-refractivity contribution in [3.05, 3.63) is 59.2 Å². The first-order valence-electron chi connectivity index (χ1n) is 9.43. The van der Waals surface area contributed by atoms with Crippen molar-refractivity contribution in [1.82, 2.24) is 5.32 Å². The molecule has 29 heavy (non-hydrogen) atoms. The number of methoxy groups -OCH3 is 3. The second-order valence-corrected chi connectivity index (χ2v) is 6.79. The predicted molar refractivity (Wildman–Crippen MR) is 109 cm³/mol. The molecule has 0 fully saturated rings. The van der Waals surface area contributed by atoms with Gasteiger partial charge in [-0.1, -0.05) is 18.2 Å². The first-order valence-corrected chi connectivity index (χ1v) is 9.43. The molecule has 2 N–H and O–H groups in total. The quantitative estimate of drug-likeness (QED) is 0.578. The average molecular weight is 401 g/mol. The normalized spacial score (nSPS) is 11.4. The number of esters is 1. The van der Waals surface area contributed by atoms with Crippen molar-refractivity contribution in [1.29, 1.82) is 0 Å². The Morgan fingerprint density at radius 1 is 0.931 bits per heavy atom. The molecule has 0 spiro atoms. The second kappa shape index (κ2) is 11.1. The van der Waals surface area contributed by atoms with Crippen LogP contribution in [0.5, 0.6) is 11.5 Å². The number of likely N-dealkylation sites (N-methyl/N-ethyl adjacent to an activating group) is 1. The Labute approximate surface area is 171 Å². The molecule has 0 heterocycles. The summed E-state index contributed by atoms with van der Waals surface area (Å²) in [5.41, 5.74) is 2.55. The van der Waals surface area contributed by atoms with Gasteiger partial charge in [0.25, 0.3) is 5.91 Å². The molecule has 2 rings (SSSR count). The molecule has 1 unspecified atom stereocenters. The molecule has 156 valence electrons. The molecule has 0 radical (unpaired) electrons. The highest BCUT2D eigenvalue weighted by atomic mass is 16.5. The van der Waals surface area contributed by atoms with Crippen LogP contribution in [0.1, 0.15) is 21.5 Å². The number of nitrogens with one attached hydrogen (secondary N) is 2. The summed E-state index contributed by atoms with van der Waals surface area (Å²) in [4.78, 5) is 24.7. The van der Waals surface area contributed by atoms with Crippen LogP contribution < -0.4 is 19.7 Å². The number of hydrogen-bond donors (Lipinski definition) is 2. The number of ether oxygens (including phenoxy) is 3. The number of rotatable bonds is 10. The first-order chi connectivity index (χ1) is 14.0. The van der Waals surface area contributed by atoms with E-state index < -0.39 is 0 Å². The van der Waals surface area contributed by atoms with Gasteiger partial charge in [0.2, 0.25) is 0 Å². The topological polar surface area (TPSA) is 78.3 Å². The second-order valence-electron chi connectivity index (χ2n) is 6.79. The van der Waals surface area contributed by atoms with E-state index in [2.05, 4.69) is 10.1 Å². The number of carbonyl (C=O) groups excluding carboxylic acids is 2. The number of quaternary nitrogens is 1. The third-order valence-electron chi connectivity index (χ3n) is 4.62. The fourth-order valence-electron chi connectivity index (χ4n) is 2.90. The average Bonchev–Trinajstić information content (AvgIpc) is 2.75. The van der Waals surface area contributed by atoms with E-state index in [1.54, 1.807) is 38.5 Å². The van der Waals surface area contributed by atoms with E-state index >= 15 is 0 Å². The van der Waals surface area contributed by atoms with Gasteiger partial charge in [-0.15, -0.1) is 0 Å². The molecule has 7 nitrogen and oxygen atoms in total. The van der Waals surface area contributed by atoms with Crippen molar-refractivity contribution in [3.8, 4) is 11.5 Å². The largest absolute Gasteiger partial charge is 0.493 e. The minimum atomic E-state index is -0.375. The van der Waals surface area contributed by atoms with E-state index in [4.69, 9.17) is 9.47 Å². The smallest absolute Gasteiger partial charge is 0.337 e. The van der Waals surface area contributed by atoms with E-state index in [0.29, 0.717) is 30.2 Å². The fourth-order valence-corrected chi connectivity index (χ4v) is 2.90. The van der Waals surface area contributed by atoms with E-state index in [-0.39, 0.29) is 11.9 Å². The van der Waals surface area contributed by atoms with Crippen molar-refractivity contribution in [2.24, 2.45) is 0 Å². The SMILES string of the molecule is COC(=O)c1ccc(CNC(=O)C[NH+](C)CCc2ccc(OC)c(OC)c2)cc1. The van der Waals surface area contributed by atoms with Crippen LogP contribution in [0.15, 0.2) is 42.5 Å². The summed E-state index contributed by atoms with van der Waals surface area (Å²) in [7, 11) is 6.57. The highest BCUT2D eigenvalue weighted by molar-refractivity contribution is 5.89.